The van der Waals surface area contributed by atoms with Gasteiger partial charge in [-0.2, -0.15) is 0 Å². The Morgan fingerprint density at radius 1 is 1.45 bits per heavy atom. The summed E-state index contributed by atoms with van der Waals surface area (Å²) in [6, 6.07) is 5.16. The van der Waals surface area contributed by atoms with Gasteiger partial charge in [-0.1, -0.05) is 5.16 Å². The highest BCUT2D eigenvalue weighted by atomic mass is 35.5. The van der Waals surface area contributed by atoms with Gasteiger partial charge in [0, 0.05) is 24.7 Å². The highest BCUT2D eigenvalue weighted by Gasteiger charge is 2.31. The molecular weight excluding hydrogens is 306 g/mol. The van der Waals surface area contributed by atoms with Crippen LogP contribution in [0, 0.1) is 0 Å². The third-order valence-electron chi connectivity index (χ3n) is 3.91. The van der Waals surface area contributed by atoms with Crippen LogP contribution in [0.4, 0.5) is 0 Å². The number of furan rings is 1. The largest absolute Gasteiger partial charge is 0.461 e. The lowest BCUT2D eigenvalue weighted by molar-refractivity contribution is 0.0573. The van der Waals surface area contributed by atoms with Gasteiger partial charge in [-0.05, 0) is 38.3 Å². The van der Waals surface area contributed by atoms with Crippen molar-refractivity contribution >= 4 is 18.3 Å². The number of hydrogen-bond donors (Lipinski definition) is 1. The molecule has 0 saturated carbocycles. The van der Waals surface area contributed by atoms with E-state index in [2.05, 4.69) is 5.16 Å². The molecule has 2 unspecified atom stereocenters. The van der Waals surface area contributed by atoms with E-state index in [1.807, 2.05) is 11.8 Å². The minimum Gasteiger partial charge on any atom is -0.461 e. The second kappa shape index (κ2) is 6.98. The average Bonchev–Trinajstić information content (AvgIpc) is 3.17. The maximum Gasteiger partial charge on any atom is 0.276 e. The third kappa shape index (κ3) is 3.18. The van der Waals surface area contributed by atoms with E-state index in [0.29, 0.717) is 23.8 Å². The summed E-state index contributed by atoms with van der Waals surface area (Å²) in [5.74, 6) is 0.889. The molecule has 3 heterocycles. The van der Waals surface area contributed by atoms with Crippen LogP contribution in [0.25, 0.3) is 11.5 Å². The fourth-order valence-electron chi connectivity index (χ4n) is 2.81. The minimum atomic E-state index is -0.126. The molecule has 2 N–H and O–H groups in total. The van der Waals surface area contributed by atoms with Gasteiger partial charge in [0.05, 0.1) is 6.26 Å². The molecule has 0 bridgehead atoms. The van der Waals surface area contributed by atoms with E-state index < -0.39 is 0 Å². The monoisotopic (exact) mass is 325 g/mol. The highest BCUT2D eigenvalue weighted by Crippen LogP contribution is 2.24. The quantitative estimate of drug-likeness (QED) is 0.937. The first-order chi connectivity index (χ1) is 10.2. The number of carbonyl (C=O) groups is 1. The first kappa shape index (κ1) is 16.6. The molecule has 7 heteroatoms. The molecule has 0 radical (unpaired) electrons. The number of likely N-dealkylation sites (tertiary alicyclic amines) is 1. The van der Waals surface area contributed by atoms with Crippen LogP contribution in [0.1, 0.15) is 36.7 Å². The van der Waals surface area contributed by atoms with Crippen molar-refractivity contribution < 1.29 is 13.7 Å². The van der Waals surface area contributed by atoms with Crippen molar-refractivity contribution in [3.8, 4) is 11.5 Å². The fourth-order valence-corrected chi connectivity index (χ4v) is 2.81. The standard InChI is InChI=1S/C15H19N3O3.ClH/c1-10(16)12-5-2-3-7-18(12)15(19)11-9-14(21-17-11)13-6-4-8-20-13;/h4,6,8-10,12H,2-3,5,7,16H2,1H3;1H. The van der Waals surface area contributed by atoms with Gasteiger partial charge in [-0.3, -0.25) is 4.79 Å². The molecule has 120 valence electrons. The molecule has 0 aliphatic carbocycles. The first-order valence-electron chi connectivity index (χ1n) is 7.24. The predicted octanol–water partition coefficient (Wildman–Crippen LogP) is 2.70. The maximum atomic E-state index is 12.6. The fraction of sp³-hybridized carbons (Fsp3) is 0.467. The van der Waals surface area contributed by atoms with Gasteiger partial charge in [-0.15, -0.1) is 12.4 Å². The summed E-state index contributed by atoms with van der Waals surface area (Å²) in [4.78, 5) is 14.4. The number of carbonyl (C=O) groups excluding carboxylic acids is 1. The topological polar surface area (TPSA) is 85.5 Å². The molecule has 22 heavy (non-hydrogen) atoms. The van der Waals surface area contributed by atoms with Crippen LogP contribution in [0.3, 0.4) is 0 Å². The smallest absolute Gasteiger partial charge is 0.276 e. The number of aromatic nitrogens is 1. The lowest BCUT2D eigenvalue weighted by Crippen LogP contribution is -2.51. The second-order valence-corrected chi connectivity index (χ2v) is 5.47. The van der Waals surface area contributed by atoms with E-state index in [1.54, 1.807) is 24.5 Å². The predicted molar refractivity (Wildman–Crippen MR) is 83.8 cm³/mol. The van der Waals surface area contributed by atoms with E-state index in [1.165, 1.54) is 0 Å². The highest BCUT2D eigenvalue weighted by molar-refractivity contribution is 5.93. The van der Waals surface area contributed by atoms with Gasteiger partial charge in [0.2, 0.25) is 5.76 Å². The lowest BCUT2D eigenvalue weighted by atomic mass is 9.96. The molecule has 1 aliphatic heterocycles. The maximum absolute atomic E-state index is 12.6. The summed E-state index contributed by atoms with van der Waals surface area (Å²) in [5.41, 5.74) is 6.30. The Hall–Kier alpha value is -1.79. The summed E-state index contributed by atoms with van der Waals surface area (Å²) in [5, 5.41) is 3.87. The normalized spacial score (nSPS) is 19.5. The van der Waals surface area contributed by atoms with Gasteiger partial charge in [-0.25, -0.2) is 0 Å². The van der Waals surface area contributed by atoms with E-state index in [9.17, 15) is 4.79 Å². The van der Waals surface area contributed by atoms with Crippen LogP contribution in [-0.4, -0.2) is 34.6 Å². The van der Waals surface area contributed by atoms with Gasteiger partial charge in [0.1, 0.15) is 0 Å². The van der Waals surface area contributed by atoms with Crippen LogP contribution >= 0.6 is 12.4 Å². The number of nitrogens with zero attached hydrogens (tertiary/aromatic N) is 2. The Labute approximate surface area is 135 Å². The molecule has 0 spiro atoms. The van der Waals surface area contributed by atoms with Gasteiger partial charge in [0.15, 0.2) is 11.5 Å². The minimum absolute atomic E-state index is 0. The number of halogens is 1. The molecule has 1 fully saturated rings. The van der Waals surface area contributed by atoms with Gasteiger partial charge in [0.25, 0.3) is 5.91 Å². The zero-order valence-electron chi connectivity index (χ0n) is 12.4. The Morgan fingerprint density at radius 2 is 2.27 bits per heavy atom. The van der Waals surface area contributed by atoms with Crippen molar-refractivity contribution in [3.05, 3.63) is 30.2 Å². The lowest BCUT2D eigenvalue weighted by Gasteiger charge is -2.37. The van der Waals surface area contributed by atoms with Crippen LogP contribution in [0.2, 0.25) is 0 Å². The third-order valence-corrected chi connectivity index (χ3v) is 3.91. The van der Waals surface area contributed by atoms with Crippen LogP contribution < -0.4 is 5.73 Å². The molecule has 2 aromatic rings. The summed E-state index contributed by atoms with van der Waals surface area (Å²) < 4.78 is 10.4. The number of piperidine rings is 1. The SMILES string of the molecule is CC(N)C1CCCCN1C(=O)c1cc(-c2ccco2)on1.Cl. The van der Waals surface area contributed by atoms with Crippen molar-refractivity contribution in [2.45, 2.75) is 38.3 Å². The van der Waals surface area contributed by atoms with Crippen molar-refractivity contribution in [1.82, 2.24) is 10.1 Å². The molecule has 1 aliphatic rings. The van der Waals surface area contributed by atoms with Crippen molar-refractivity contribution in [3.63, 3.8) is 0 Å². The van der Waals surface area contributed by atoms with Gasteiger partial charge >= 0.3 is 0 Å². The van der Waals surface area contributed by atoms with Crippen LogP contribution in [0.15, 0.2) is 33.4 Å². The Kier molecular flexibility index (Phi) is 5.26. The summed E-state index contributed by atoms with van der Waals surface area (Å²) in [6.45, 7) is 2.65. The van der Waals surface area contributed by atoms with E-state index in [-0.39, 0.29) is 30.4 Å². The average molecular weight is 326 g/mol. The van der Waals surface area contributed by atoms with Crippen LogP contribution in [-0.2, 0) is 0 Å². The summed E-state index contributed by atoms with van der Waals surface area (Å²) in [6.07, 6.45) is 4.59. The molecule has 0 aromatic carbocycles. The Bertz CT molecular complexity index is 609. The Morgan fingerprint density at radius 3 is 2.95 bits per heavy atom. The zero-order chi connectivity index (χ0) is 14.8. The molecule has 3 rings (SSSR count). The van der Waals surface area contributed by atoms with E-state index in [4.69, 9.17) is 14.7 Å². The first-order valence-corrected chi connectivity index (χ1v) is 7.24. The molecular formula is C15H20ClN3O3. The number of hydrogen-bond acceptors (Lipinski definition) is 5. The zero-order valence-corrected chi connectivity index (χ0v) is 13.2. The van der Waals surface area contributed by atoms with Crippen LogP contribution in [0.5, 0.6) is 0 Å². The Balaban J connectivity index is 0.00000176. The second-order valence-electron chi connectivity index (χ2n) is 5.47. The van der Waals surface area contributed by atoms with Crippen molar-refractivity contribution in [2.75, 3.05) is 6.54 Å². The molecule has 2 atom stereocenters. The van der Waals surface area contributed by atoms with E-state index in [0.717, 1.165) is 19.3 Å². The number of amides is 1. The molecule has 2 aromatic heterocycles. The van der Waals surface area contributed by atoms with Crippen molar-refractivity contribution in [1.29, 1.82) is 0 Å². The molecule has 6 nitrogen and oxygen atoms in total. The van der Waals surface area contributed by atoms with E-state index >= 15 is 0 Å². The summed E-state index contributed by atoms with van der Waals surface area (Å²) >= 11 is 0. The number of nitrogens with two attached hydrogens (primary N) is 1. The van der Waals surface area contributed by atoms with Crippen molar-refractivity contribution in [2.24, 2.45) is 5.73 Å². The molecule has 1 saturated heterocycles. The summed E-state index contributed by atoms with van der Waals surface area (Å²) in [7, 11) is 0. The van der Waals surface area contributed by atoms with Gasteiger partial charge < -0.3 is 19.6 Å². The number of rotatable bonds is 3. The molecule has 1 amide bonds.